The van der Waals surface area contributed by atoms with Crippen molar-refractivity contribution in [2.45, 2.75) is 0 Å². The van der Waals surface area contributed by atoms with E-state index in [0.29, 0.717) is 0 Å². The van der Waals surface area contributed by atoms with E-state index in [1.165, 1.54) is 0 Å². The van der Waals surface area contributed by atoms with Crippen LogP contribution in [0.25, 0.3) is 0 Å². The first-order valence-electron chi connectivity index (χ1n) is 0.236. The minimum atomic E-state index is 0. The second kappa shape index (κ2) is 17.0. The van der Waals surface area contributed by atoms with Gasteiger partial charge in [-0.05, 0) is 0 Å². The van der Waals surface area contributed by atoms with Crippen molar-refractivity contribution in [3.63, 3.8) is 0 Å². The van der Waals surface area contributed by atoms with Crippen molar-refractivity contribution in [3.05, 3.63) is 0 Å². The molecule has 1 nitrogen and oxygen atoms in total. The molecule has 0 unspecified atom stereocenters. The van der Waals surface area contributed by atoms with Crippen molar-refractivity contribution >= 4 is 17.4 Å². The van der Waals surface area contributed by atoms with E-state index in [9.17, 15) is 0 Å². The quantitative estimate of drug-likeness (QED) is 0.502. The van der Waals surface area contributed by atoms with E-state index in [2.05, 4.69) is 0 Å². The fraction of sp³-hybridized carbons (Fsp3) is 0. The molecular formula is H3AlCeOY. The summed E-state index contributed by atoms with van der Waals surface area (Å²) in [5.41, 5.74) is 0. The van der Waals surface area contributed by atoms with Crippen LogP contribution in [0.4, 0.5) is 0 Å². The molecule has 0 spiro atoms. The standard InChI is InChI=1S/Al.Ce.O.Y.3H. The van der Waals surface area contributed by atoms with Gasteiger partial charge in [-0.2, -0.15) is 0 Å². The zero-order valence-corrected chi connectivity index (χ0v) is 7.46. The Balaban J connectivity index is -0.00000000500. The summed E-state index contributed by atoms with van der Waals surface area (Å²) in [7, 11) is 0. The Kier molecular flexibility index (Phi) is 67.4. The predicted molar refractivity (Wildman–Crippen MR) is 10.6 cm³/mol. The molecule has 0 saturated heterocycles. The van der Waals surface area contributed by atoms with Gasteiger partial charge in [-0.15, -0.1) is 0 Å². The van der Waals surface area contributed by atoms with E-state index < -0.39 is 0 Å². The molecule has 0 fully saturated rings. The molecule has 0 N–H and O–H groups in total. The van der Waals surface area contributed by atoms with Gasteiger partial charge in [-0.25, -0.2) is 0 Å². The van der Waals surface area contributed by atoms with Crippen LogP contribution >= 0.6 is 0 Å². The third-order valence-corrected chi connectivity index (χ3v) is 0. The molecule has 0 atom stereocenters. The molecule has 4 heavy (non-hydrogen) atoms. The van der Waals surface area contributed by atoms with Crippen molar-refractivity contribution in [2.24, 2.45) is 0 Å². The summed E-state index contributed by atoms with van der Waals surface area (Å²) in [4.78, 5) is 0. The molecular weight excluding hydrogens is 272 g/mol. The van der Waals surface area contributed by atoms with Crippen LogP contribution in [0.3, 0.4) is 0 Å². The summed E-state index contributed by atoms with van der Waals surface area (Å²) >= 11 is 0.100. The van der Waals surface area contributed by atoms with E-state index in [-0.39, 0.29) is 90.1 Å². The van der Waals surface area contributed by atoms with Gasteiger partial charge in [-0.1, -0.05) is 0 Å². The fourth-order valence-corrected chi connectivity index (χ4v) is 0. The molecule has 0 bridgehead atoms. The Hall–Kier alpha value is 2.81. The first-order valence-corrected chi connectivity index (χ1v) is 1.39. The Bertz CT molecular complexity index is 8.00. The Morgan fingerprint density at radius 1 is 1.25 bits per heavy atom. The van der Waals surface area contributed by atoms with Crippen molar-refractivity contribution < 1.29 is 74.8 Å². The molecule has 0 saturated carbocycles. The van der Waals surface area contributed by atoms with Gasteiger partial charge in [0, 0.05) is 41.7 Å². The van der Waals surface area contributed by atoms with Crippen molar-refractivity contribution in [3.8, 4) is 0 Å². The Labute approximate surface area is 89.9 Å². The van der Waals surface area contributed by atoms with Gasteiger partial charge < -0.3 is 0 Å². The molecule has 0 aliphatic carbocycles. The van der Waals surface area contributed by atoms with E-state index >= 15 is 0 Å². The minimum absolute atomic E-state index is 0. The third-order valence-electron chi connectivity index (χ3n) is 0. The molecule has 4 heteroatoms. The topological polar surface area (TPSA) is 17.1 Å². The summed E-state index contributed by atoms with van der Waals surface area (Å²) < 4.78 is 8.38. The molecule has 0 rings (SSSR count). The van der Waals surface area contributed by atoms with Crippen LogP contribution in [0, 0.1) is 41.7 Å². The van der Waals surface area contributed by atoms with E-state index in [0.717, 1.165) is 0 Å². The monoisotopic (exact) mass is 275 g/mol. The predicted octanol–water partition coefficient (Wildman–Crippen LogP) is -1.31. The summed E-state index contributed by atoms with van der Waals surface area (Å²) in [6.07, 6.45) is 0. The fourth-order valence-electron chi connectivity index (χ4n) is 0. The molecule has 19 valence electrons. The Morgan fingerprint density at radius 3 is 1.25 bits per heavy atom. The van der Waals surface area contributed by atoms with E-state index in [1.54, 1.807) is 0 Å². The molecule has 0 aliphatic heterocycles. The van der Waals surface area contributed by atoms with Gasteiger partial charge >= 0.3 is 33.1 Å². The molecule has 0 heterocycles. The van der Waals surface area contributed by atoms with Crippen molar-refractivity contribution in [1.29, 1.82) is 0 Å². The summed E-state index contributed by atoms with van der Waals surface area (Å²) in [5.74, 6) is 0. The molecule has 0 radical (unpaired) electrons. The van der Waals surface area contributed by atoms with Crippen LogP contribution in [0.15, 0.2) is 0 Å². The number of rotatable bonds is 0. The van der Waals surface area contributed by atoms with Crippen LogP contribution in [0.2, 0.25) is 0 Å². The van der Waals surface area contributed by atoms with Crippen LogP contribution in [-0.4, -0.2) is 17.4 Å². The summed E-state index contributed by atoms with van der Waals surface area (Å²) in [6, 6.07) is 0. The Morgan fingerprint density at radius 2 is 1.25 bits per heavy atom. The zero-order chi connectivity index (χ0) is 2.00. The number of hydrogen-bond acceptors (Lipinski definition) is 1. The van der Waals surface area contributed by atoms with Crippen LogP contribution in [0.5, 0.6) is 0 Å². The maximum atomic E-state index is 8.38. The molecule has 0 aromatic rings. The molecule has 0 aromatic heterocycles. The zero-order valence-electron chi connectivity index (χ0n) is 1.49. The normalized spacial score (nSPS) is 1.50. The van der Waals surface area contributed by atoms with Crippen LogP contribution in [-0.2, 0) is 33.1 Å². The average molecular weight is 275 g/mol. The van der Waals surface area contributed by atoms with Crippen LogP contribution < -0.4 is 0 Å². The summed E-state index contributed by atoms with van der Waals surface area (Å²) in [5, 5.41) is 0. The summed E-state index contributed by atoms with van der Waals surface area (Å²) in [6.45, 7) is 0. The molecule has 0 aliphatic rings. The third kappa shape index (κ3) is 8.84. The van der Waals surface area contributed by atoms with E-state index in [1.807, 2.05) is 0 Å². The maximum absolute atomic E-state index is 8.38. The van der Waals surface area contributed by atoms with E-state index in [4.69, 9.17) is 2.04 Å². The first-order chi connectivity index (χ1) is 1.00. The van der Waals surface area contributed by atoms with Crippen molar-refractivity contribution in [2.75, 3.05) is 0 Å². The average Bonchev–Trinajstić information content (AvgIpc) is 1.00. The van der Waals surface area contributed by atoms with Gasteiger partial charge in [0.2, 0.25) is 0 Å². The molecule has 0 aromatic carbocycles. The van der Waals surface area contributed by atoms with Gasteiger partial charge in [0.05, 0.1) is 0 Å². The van der Waals surface area contributed by atoms with Gasteiger partial charge in [0.25, 0.3) is 0 Å². The number of hydrogen-bond donors (Lipinski definition) is 0. The van der Waals surface area contributed by atoms with Gasteiger partial charge in [0.1, 0.15) is 0 Å². The van der Waals surface area contributed by atoms with Gasteiger partial charge in [-0.3, -0.25) is 0 Å². The molecule has 0 amide bonds. The van der Waals surface area contributed by atoms with Crippen LogP contribution in [0.1, 0.15) is 0 Å². The van der Waals surface area contributed by atoms with Gasteiger partial charge in [0.15, 0.2) is 17.4 Å². The second-order valence-electron chi connectivity index (χ2n) is 0. The second-order valence-corrected chi connectivity index (χ2v) is 0. The SMILES string of the molecule is [AlH3].[Ce].[O]=[Y]. The first kappa shape index (κ1) is 15.8. The van der Waals surface area contributed by atoms with Crippen molar-refractivity contribution in [1.82, 2.24) is 0 Å².